The van der Waals surface area contributed by atoms with E-state index in [4.69, 9.17) is 11.6 Å². The summed E-state index contributed by atoms with van der Waals surface area (Å²) in [4.78, 5) is 21.8. The van der Waals surface area contributed by atoms with E-state index in [2.05, 4.69) is 36.2 Å². The van der Waals surface area contributed by atoms with E-state index in [0.29, 0.717) is 16.4 Å². The van der Waals surface area contributed by atoms with Gasteiger partial charge >= 0.3 is 6.18 Å². The molecule has 10 heteroatoms. The molecule has 0 amide bonds. The second kappa shape index (κ2) is 6.57. The van der Waals surface area contributed by atoms with Crippen LogP contribution in [0.4, 0.5) is 24.7 Å². The molecule has 0 saturated carbocycles. The Kier molecular flexibility index (Phi) is 4.61. The lowest BCUT2D eigenvalue weighted by molar-refractivity contribution is -0.144. The fourth-order valence-electron chi connectivity index (χ4n) is 2.04. The molecule has 0 atom stereocenters. The average Bonchev–Trinajstić information content (AvgIpc) is 2.57. The molecule has 0 aliphatic heterocycles. The highest BCUT2D eigenvalue weighted by molar-refractivity contribution is 9.10. The highest BCUT2D eigenvalue weighted by Crippen LogP contribution is 2.34. The topological polar surface area (TPSA) is 67.8 Å². The molecule has 0 radical (unpaired) electrons. The smallest absolute Gasteiger partial charge is 0.337 e. The van der Waals surface area contributed by atoms with Crippen LogP contribution in [0.15, 0.2) is 34.9 Å². The summed E-state index contributed by atoms with van der Waals surface area (Å²) in [6.45, 7) is 0. The Hall–Kier alpha value is -2.26. The normalized spacial score (nSPS) is 11.6. The minimum Gasteiger partial charge on any atom is -0.337 e. The second-order valence-electron chi connectivity index (χ2n) is 4.87. The molecule has 128 valence electrons. The number of aromatic nitrogens is 3. The summed E-state index contributed by atoms with van der Waals surface area (Å²) in [5.41, 5.74) is 0.409. The van der Waals surface area contributed by atoms with Crippen molar-refractivity contribution < 1.29 is 18.0 Å². The van der Waals surface area contributed by atoms with Gasteiger partial charge in [0, 0.05) is 16.2 Å². The number of carbonyl (C=O) groups is 1. The number of nitrogens with zero attached hydrogens (tertiary/aromatic N) is 3. The number of nitrogens with one attached hydrogen (secondary N) is 1. The van der Waals surface area contributed by atoms with Crippen LogP contribution >= 0.6 is 27.5 Å². The van der Waals surface area contributed by atoms with Gasteiger partial charge in [0.15, 0.2) is 12.1 Å². The molecular formula is C15H7BrClF3N4O. The summed E-state index contributed by atoms with van der Waals surface area (Å²) in [7, 11) is 0. The first-order valence-electron chi connectivity index (χ1n) is 6.71. The van der Waals surface area contributed by atoms with Crippen molar-refractivity contribution in [1.29, 1.82) is 0 Å². The lowest BCUT2D eigenvalue weighted by Gasteiger charge is -2.13. The number of hydrogen-bond acceptors (Lipinski definition) is 5. The molecule has 0 aliphatic rings. The average molecular weight is 432 g/mol. The largest absolute Gasteiger partial charge is 0.451 e. The highest BCUT2D eigenvalue weighted by atomic mass is 79.9. The molecule has 25 heavy (non-hydrogen) atoms. The van der Waals surface area contributed by atoms with Crippen molar-refractivity contribution >= 4 is 56.4 Å². The molecule has 1 N–H and O–H groups in total. The van der Waals surface area contributed by atoms with Gasteiger partial charge in [0.2, 0.25) is 5.82 Å². The number of pyridine rings is 1. The summed E-state index contributed by atoms with van der Waals surface area (Å²) in [5, 5.41) is 3.01. The van der Waals surface area contributed by atoms with E-state index in [1.807, 2.05) is 0 Å². The SMILES string of the molecule is O=Cc1cnc2c(Nc3cccc(Br)c3Cl)nc(C(F)(F)F)nc2c1. The Labute approximate surface area is 152 Å². The number of carbonyl (C=O) groups excluding carboxylic acids is 1. The molecule has 0 unspecified atom stereocenters. The fraction of sp³-hybridized carbons (Fsp3) is 0.0667. The first-order chi connectivity index (χ1) is 11.8. The molecule has 2 aromatic heterocycles. The number of fused-ring (bicyclic) bond motifs is 1. The number of anilines is 2. The number of hydrogen-bond donors (Lipinski definition) is 1. The molecule has 5 nitrogen and oxygen atoms in total. The molecule has 0 aliphatic carbocycles. The maximum Gasteiger partial charge on any atom is 0.451 e. The summed E-state index contributed by atoms with van der Waals surface area (Å²) in [5.74, 6) is -1.52. The summed E-state index contributed by atoms with van der Waals surface area (Å²) >= 11 is 9.37. The third kappa shape index (κ3) is 3.57. The molecule has 3 rings (SSSR count). The number of halogens is 5. The quantitative estimate of drug-likeness (QED) is 0.590. The number of aldehydes is 1. The second-order valence-corrected chi connectivity index (χ2v) is 6.11. The van der Waals surface area contributed by atoms with Gasteiger partial charge in [0.05, 0.1) is 16.2 Å². The lowest BCUT2D eigenvalue weighted by Crippen LogP contribution is -2.13. The van der Waals surface area contributed by atoms with E-state index in [1.165, 1.54) is 12.3 Å². The van der Waals surface area contributed by atoms with E-state index in [-0.39, 0.29) is 27.4 Å². The summed E-state index contributed by atoms with van der Waals surface area (Å²) < 4.78 is 39.8. The summed E-state index contributed by atoms with van der Waals surface area (Å²) in [6.07, 6.45) is -3.07. The van der Waals surface area contributed by atoms with E-state index in [0.717, 1.165) is 0 Å². The van der Waals surface area contributed by atoms with Crippen LogP contribution in [0.5, 0.6) is 0 Å². The Bertz CT molecular complexity index is 981. The minimum atomic E-state index is -4.76. The lowest BCUT2D eigenvalue weighted by atomic mass is 10.2. The van der Waals surface area contributed by atoms with Crippen LogP contribution in [0.2, 0.25) is 5.02 Å². The van der Waals surface area contributed by atoms with E-state index in [1.54, 1.807) is 18.2 Å². The van der Waals surface area contributed by atoms with Crippen LogP contribution in [0.25, 0.3) is 11.0 Å². The van der Waals surface area contributed by atoms with Gasteiger partial charge < -0.3 is 5.32 Å². The standard InChI is InChI=1S/C15H7BrClF3N4O/c16-8-2-1-3-9(11(8)17)22-13-12-10(4-7(6-25)5-21-12)23-14(24-13)15(18,19)20/h1-6H,(H,22,23,24). The fourth-order valence-corrected chi connectivity index (χ4v) is 2.58. The molecule has 1 aromatic carbocycles. The summed E-state index contributed by atoms with van der Waals surface area (Å²) in [6, 6.07) is 6.12. The zero-order valence-electron chi connectivity index (χ0n) is 12.1. The van der Waals surface area contributed by atoms with E-state index >= 15 is 0 Å². The predicted molar refractivity (Wildman–Crippen MR) is 90.2 cm³/mol. The van der Waals surface area contributed by atoms with Crippen LogP contribution < -0.4 is 5.32 Å². The van der Waals surface area contributed by atoms with Crippen LogP contribution in [0.1, 0.15) is 16.2 Å². The maximum absolute atomic E-state index is 13.1. The monoisotopic (exact) mass is 430 g/mol. The van der Waals surface area contributed by atoms with Gasteiger partial charge in [-0.2, -0.15) is 13.2 Å². The highest BCUT2D eigenvalue weighted by Gasteiger charge is 2.36. The van der Waals surface area contributed by atoms with Crippen molar-refractivity contribution in [2.75, 3.05) is 5.32 Å². The Balaban J connectivity index is 2.21. The van der Waals surface area contributed by atoms with Crippen molar-refractivity contribution in [2.45, 2.75) is 6.18 Å². The first-order valence-corrected chi connectivity index (χ1v) is 7.88. The molecule has 3 aromatic rings. The third-order valence-electron chi connectivity index (χ3n) is 3.15. The van der Waals surface area contributed by atoms with Crippen molar-refractivity contribution in [2.24, 2.45) is 0 Å². The maximum atomic E-state index is 13.1. The van der Waals surface area contributed by atoms with Gasteiger partial charge in [-0.15, -0.1) is 0 Å². The Morgan fingerprint density at radius 2 is 2.00 bits per heavy atom. The van der Waals surface area contributed by atoms with Crippen molar-refractivity contribution in [3.8, 4) is 0 Å². The predicted octanol–water partition coefficient (Wildman–Crippen LogP) is 5.02. The molecule has 0 bridgehead atoms. The number of alkyl halides is 3. The van der Waals surface area contributed by atoms with Crippen molar-refractivity contribution in [3.05, 3.63) is 51.3 Å². The first kappa shape index (κ1) is 17.6. The van der Waals surface area contributed by atoms with Gasteiger partial charge in [-0.1, -0.05) is 17.7 Å². The Morgan fingerprint density at radius 1 is 1.24 bits per heavy atom. The van der Waals surface area contributed by atoms with Gasteiger partial charge in [-0.25, -0.2) is 15.0 Å². The van der Waals surface area contributed by atoms with Crippen LogP contribution in [0.3, 0.4) is 0 Å². The van der Waals surface area contributed by atoms with Crippen LogP contribution in [-0.2, 0) is 6.18 Å². The number of rotatable bonds is 3. The molecular weight excluding hydrogens is 425 g/mol. The van der Waals surface area contributed by atoms with Crippen molar-refractivity contribution in [1.82, 2.24) is 15.0 Å². The number of benzene rings is 1. The van der Waals surface area contributed by atoms with E-state index < -0.39 is 12.0 Å². The molecule has 2 heterocycles. The molecule has 0 fully saturated rings. The minimum absolute atomic E-state index is 0.0784. The van der Waals surface area contributed by atoms with Gasteiger partial charge in [-0.05, 0) is 34.1 Å². The van der Waals surface area contributed by atoms with E-state index in [9.17, 15) is 18.0 Å². The zero-order valence-corrected chi connectivity index (χ0v) is 14.4. The van der Waals surface area contributed by atoms with Crippen molar-refractivity contribution in [3.63, 3.8) is 0 Å². The zero-order chi connectivity index (χ0) is 18.2. The van der Waals surface area contributed by atoms with Crippen LogP contribution in [0, 0.1) is 0 Å². The van der Waals surface area contributed by atoms with Gasteiger partial charge in [0.1, 0.15) is 5.52 Å². The molecule has 0 spiro atoms. The molecule has 0 saturated heterocycles. The van der Waals surface area contributed by atoms with Crippen LogP contribution in [-0.4, -0.2) is 21.2 Å². The van der Waals surface area contributed by atoms with Gasteiger partial charge in [-0.3, -0.25) is 4.79 Å². The van der Waals surface area contributed by atoms with Gasteiger partial charge in [0.25, 0.3) is 0 Å². The Morgan fingerprint density at radius 3 is 2.68 bits per heavy atom. The third-order valence-corrected chi connectivity index (χ3v) is 4.45.